The Balaban J connectivity index is 2.95. The molecule has 0 aromatic heterocycles. The maximum absolute atomic E-state index is 8.51. The predicted molar refractivity (Wildman–Crippen MR) is 80.5 cm³/mol. The first-order valence-corrected chi connectivity index (χ1v) is 8.07. The highest BCUT2D eigenvalue weighted by Gasteiger charge is 1.98. The van der Waals surface area contributed by atoms with Crippen LogP contribution in [0, 0.1) is 5.92 Å². The summed E-state index contributed by atoms with van der Waals surface area (Å²) < 4.78 is 10.6. The highest BCUT2D eigenvalue weighted by Crippen LogP contribution is 2.13. The maximum Gasteiger partial charge on any atom is 0.0701 e. The SMILES string of the molecule is CCC(C)CCCCCCCCOCCOCCO. The van der Waals surface area contributed by atoms with Gasteiger partial charge in [-0.25, -0.2) is 0 Å². The summed E-state index contributed by atoms with van der Waals surface area (Å²) in [5.74, 6) is 0.904. The fraction of sp³-hybridized carbons (Fsp3) is 1.00. The second-order valence-electron chi connectivity index (χ2n) is 5.37. The minimum absolute atomic E-state index is 0.0943. The van der Waals surface area contributed by atoms with Gasteiger partial charge in [-0.15, -0.1) is 0 Å². The third kappa shape index (κ3) is 15.8. The highest BCUT2D eigenvalue weighted by atomic mass is 16.5. The molecular weight excluding hydrogens is 240 g/mol. The molecule has 0 bridgehead atoms. The average Bonchev–Trinajstić information content (AvgIpc) is 2.43. The molecule has 0 fully saturated rings. The van der Waals surface area contributed by atoms with E-state index in [2.05, 4.69) is 13.8 Å². The van der Waals surface area contributed by atoms with E-state index in [0.717, 1.165) is 18.9 Å². The van der Waals surface area contributed by atoms with Crippen molar-refractivity contribution in [3.05, 3.63) is 0 Å². The van der Waals surface area contributed by atoms with Gasteiger partial charge in [0, 0.05) is 6.61 Å². The van der Waals surface area contributed by atoms with Crippen LogP contribution in [-0.4, -0.2) is 38.1 Å². The quantitative estimate of drug-likeness (QED) is 0.462. The second-order valence-corrected chi connectivity index (χ2v) is 5.37. The molecule has 3 heteroatoms. The lowest BCUT2D eigenvalue weighted by molar-refractivity contribution is 0.0321. The molecule has 0 radical (unpaired) electrons. The van der Waals surface area contributed by atoms with Crippen LogP contribution in [0.15, 0.2) is 0 Å². The minimum Gasteiger partial charge on any atom is -0.394 e. The Morgan fingerprint density at radius 3 is 2.00 bits per heavy atom. The third-order valence-electron chi connectivity index (χ3n) is 3.54. The van der Waals surface area contributed by atoms with Gasteiger partial charge >= 0.3 is 0 Å². The van der Waals surface area contributed by atoms with Crippen LogP contribution >= 0.6 is 0 Å². The normalized spacial score (nSPS) is 12.8. The fourth-order valence-electron chi connectivity index (χ4n) is 1.99. The summed E-state index contributed by atoms with van der Waals surface area (Å²) in [7, 11) is 0. The molecule has 1 N–H and O–H groups in total. The summed E-state index contributed by atoms with van der Waals surface area (Å²) >= 11 is 0. The van der Waals surface area contributed by atoms with Gasteiger partial charge in [0.15, 0.2) is 0 Å². The second kappa shape index (κ2) is 15.9. The first-order valence-electron chi connectivity index (χ1n) is 8.07. The molecule has 1 unspecified atom stereocenters. The van der Waals surface area contributed by atoms with Gasteiger partial charge in [0.25, 0.3) is 0 Å². The summed E-state index contributed by atoms with van der Waals surface area (Å²) in [6.45, 7) is 7.22. The molecule has 116 valence electrons. The lowest BCUT2D eigenvalue weighted by Gasteiger charge is -2.07. The van der Waals surface area contributed by atoms with Gasteiger partial charge in [-0.1, -0.05) is 58.8 Å². The monoisotopic (exact) mass is 274 g/mol. The number of aliphatic hydroxyl groups excluding tert-OH is 1. The van der Waals surface area contributed by atoms with E-state index in [-0.39, 0.29) is 6.61 Å². The molecule has 0 amide bonds. The van der Waals surface area contributed by atoms with Crippen molar-refractivity contribution >= 4 is 0 Å². The van der Waals surface area contributed by atoms with E-state index in [1.807, 2.05) is 0 Å². The third-order valence-corrected chi connectivity index (χ3v) is 3.54. The fourth-order valence-corrected chi connectivity index (χ4v) is 1.99. The summed E-state index contributed by atoms with van der Waals surface area (Å²) in [5.41, 5.74) is 0. The topological polar surface area (TPSA) is 38.7 Å². The van der Waals surface area contributed by atoms with Crippen LogP contribution in [0.5, 0.6) is 0 Å². The Morgan fingerprint density at radius 2 is 1.37 bits per heavy atom. The van der Waals surface area contributed by atoms with Crippen molar-refractivity contribution in [2.45, 2.75) is 65.2 Å². The zero-order valence-corrected chi connectivity index (χ0v) is 13.0. The Labute approximate surface area is 119 Å². The average molecular weight is 274 g/mol. The Morgan fingerprint density at radius 1 is 0.789 bits per heavy atom. The van der Waals surface area contributed by atoms with Crippen molar-refractivity contribution in [2.24, 2.45) is 5.92 Å². The molecule has 0 aliphatic rings. The molecule has 1 atom stereocenters. The zero-order valence-electron chi connectivity index (χ0n) is 13.0. The van der Waals surface area contributed by atoms with Crippen LogP contribution < -0.4 is 0 Å². The number of unbranched alkanes of at least 4 members (excludes halogenated alkanes) is 5. The van der Waals surface area contributed by atoms with E-state index in [9.17, 15) is 0 Å². The van der Waals surface area contributed by atoms with E-state index >= 15 is 0 Å². The van der Waals surface area contributed by atoms with E-state index in [0.29, 0.717) is 19.8 Å². The molecule has 0 aromatic rings. The van der Waals surface area contributed by atoms with Gasteiger partial charge in [-0.05, 0) is 12.3 Å². The number of hydrogen-bond acceptors (Lipinski definition) is 3. The lowest BCUT2D eigenvalue weighted by atomic mass is 10.00. The summed E-state index contributed by atoms with van der Waals surface area (Å²) in [4.78, 5) is 0. The van der Waals surface area contributed by atoms with Gasteiger partial charge in [0.1, 0.15) is 0 Å². The van der Waals surface area contributed by atoms with E-state index in [1.54, 1.807) is 0 Å². The van der Waals surface area contributed by atoms with Crippen molar-refractivity contribution in [3.8, 4) is 0 Å². The molecule has 0 aliphatic heterocycles. The minimum atomic E-state index is 0.0943. The van der Waals surface area contributed by atoms with E-state index in [1.165, 1.54) is 44.9 Å². The van der Waals surface area contributed by atoms with Crippen molar-refractivity contribution in [1.29, 1.82) is 0 Å². The summed E-state index contributed by atoms with van der Waals surface area (Å²) in [6, 6.07) is 0. The smallest absolute Gasteiger partial charge is 0.0701 e. The Hall–Kier alpha value is -0.120. The highest BCUT2D eigenvalue weighted by molar-refractivity contribution is 4.51. The maximum atomic E-state index is 8.51. The van der Waals surface area contributed by atoms with Gasteiger partial charge < -0.3 is 14.6 Å². The molecular formula is C16H34O3. The summed E-state index contributed by atoms with van der Waals surface area (Å²) in [5, 5.41) is 8.51. The van der Waals surface area contributed by atoms with Crippen molar-refractivity contribution in [1.82, 2.24) is 0 Å². The molecule has 0 saturated heterocycles. The molecule has 3 nitrogen and oxygen atoms in total. The van der Waals surface area contributed by atoms with Crippen LogP contribution in [0.2, 0.25) is 0 Å². The predicted octanol–water partition coefficient (Wildman–Crippen LogP) is 3.79. The molecule has 0 spiro atoms. The van der Waals surface area contributed by atoms with Crippen LogP contribution in [0.1, 0.15) is 65.2 Å². The number of ether oxygens (including phenoxy) is 2. The molecule has 0 heterocycles. The Bertz CT molecular complexity index is 162. The van der Waals surface area contributed by atoms with Crippen molar-refractivity contribution in [2.75, 3.05) is 33.0 Å². The van der Waals surface area contributed by atoms with Gasteiger partial charge in [-0.3, -0.25) is 0 Å². The molecule has 0 aromatic carbocycles. The van der Waals surface area contributed by atoms with Crippen LogP contribution in [0.3, 0.4) is 0 Å². The van der Waals surface area contributed by atoms with E-state index in [4.69, 9.17) is 14.6 Å². The molecule has 0 saturated carbocycles. The lowest BCUT2D eigenvalue weighted by Crippen LogP contribution is -2.07. The Kier molecular flexibility index (Phi) is 15.8. The largest absolute Gasteiger partial charge is 0.394 e. The van der Waals surface area contributed by atoms with Crippen molar-refractivity contribution in [3.63, 3.8) is 0 Å². The molecule has 0 aliphatic carbocycles. The van der Waals surface area contributed by atoms with Crippen molar-refractivity contribution < 1.29 is 14.6 Å². The molecule has 0 rings (SSSR count). The van der Waals surface area contributed by atoms with Crippen LogP contribution in [0.4, 0.5) is 0 Å². The van der Waals surface area contributed by atoms with Gasteiger partial charge in [-0.2, -0.15) is 0 Å². The zero-order chi connectivity index (χ0) is 14.2. The standard InChI is InChI=1S/C16H34O3/c1-3-16(2)10-8-6-4-5-7-9-12-18-14-15-19-13-11-17/h16-17H,3-15H2,1-2H3. The van der Waals surface area contributed by atoms with E-state index < -0.39 is 0 Å². The first kappa shape index (κ1) is 18.9. The number of aliphatic hydroxyl groups is 1. The summed E-state index contributed by atoms with van der Waals surface area (Å²) in [6.07, 6.45) is 10.6. The van der Waals surface area contributed by atoms with Crippen LogP contribution in [0.25, 0.3) is 0 Å². The van der Waals surface area contributed by atoms with Crippen LogP contribution in [-0.2, 0) is 9.47 Å². The number of hydrogen-bond donors (Lipinski definition) is 1. The van der Waals surface area contributed by atoms with Gasteiger partial charge in [0.2, 0.25) is 0 Å². The van der Waals surface area contributed by atoms with Gasteiger partial charge in [0.05, 0.1) is 26.4 Å². The first-order chi connectivity index (χ1) is 9.31. The number of rotatable bonds is 15. The molecule has 19 heavy (non-hydrogen) atoms.